The number of unbranched alkanes of at least 4 members (excludes halogenated alkanes) is 1. The Bertz CT molecular complexity index is 1280. The van der Waals surface area contributed by atoms with E-state index in [0.29, 0.717) is 30.2 Å². The third-order valence-electron chi connectivity index (χ3n) is 5.88. The molecule has 3 aromatic carbocycles. The molecule has 0 amide bonds. The first-order valence-electron chi connectivity index (χ1n) is 11.9. The molecule has 0 spiro atoms. The summed E-state index contributed by atoms with van der Waals surface area (Å²) in [6.45, 7) is 3.32. The third-order valence-corrected chi connectivity index (χ3v) is 5.88. The molecular weight excluding hydrogens is 440 g/mol. The molecule has 1 heterocycles. The fraction of sp³-hybridized carbons (Fsp3) is 0.241. The highest BCUT2D eigenvalue weighted by atomic mass is 16.5. The van der Waals surface area contributed by atoms with Crippen LogP contribution in [-0.2, 0) is 13.0 Å². The van der Waals surface area contributed by atoms with Crippen LogP contribution in [0.1, 0.15) is 35.7 Å². The highest BCUT2D eigenvalue weighted by Crippen LogP contribution is 2.36. The van der Waals surface area contributed by atoms with Crippen LogP contribution < -0.4 is 9.47 Å². The van der Waals surface area contributed by atoms with Crippen LogP contribution in [0.3, 0.4) is 0 Å². The van der Waals surface area contributed by atoms with Gasteiger partial charge in [-0.2, -0.15) is 5.10 Å². The first-order valence-corrected chi connectivity index (χ1v) is 11.9. The topological polar surface area (TPSA) is 73.6 Å². The van der Waals surface area contributed by atoms with E-state index in [1.807, 2.05) is 53.2 Å². The number of aromatic carboxylic acids is 1. The number of carboxylic acid groups (broad SMARTS) is 1. The number of para-hydroxylation sites is 1. The highest BCUT2D eigenvalue weighted by molar-refractivity contribution is 5.90. The van der Waals surface area contributed by atoms with E-state index >= 15 is 0 Å². The lowest BCUT2D eigenvalue weighted by Gasteiger charge is -2.11. The number of benzene rings is 3. The molecule has 0 aliphatic rings. The zero-order valence-corrected chi connectivity index (χ0v) is 20.1. The molecule has 0 aliphatic carbocycles. The molecule has 35 heavy (non-hydrogen) atoms. The zero-order chi connectivity index (χ0) is 24.6. The Kier molecular flexibility index (Phi) is 7.83. The Labute approximate surface area is 205 Å². The summed E-state index contributed by atoms with van der Waals surface area (Å²) in [5, 5.41) is 14.5. The van der Waals surface area contributed by atoms with Gasteiger partial charge in [0.05, 0.1) is 30.7 Å². The van der Waals surface area contributed by atoms with Crippen LogP contribution in [0.25, 0.3) is 22.5 Å². The molecule has 0 saturated heterocycles. The lowest BCUT2D eigenvalue weighted by atomic mass is 10.0. The monoisotopic (exact) mass is 470 g/mol. The van der Waals surface area contributed by atoms with Crippen LogP contribution >= 0.6 is 0 Å². The minimum atomic E-state index is -0.986. The fourth-order valence-electron chi connectivity index (χ4n) is 3.99. The highest BCUT2D eigenvalue weighted by Gasteiger charge is 2.19. The molecule has 1 aromatic heterocycles. The van der Waals surface area contributed by atoms with Crippen molar-refractivity contribution in [3.05, 3.63) is 90.0 Å². The van der Waals surface area contributed by atoms with E-state index in [0.717, 1.165) is 36.3 Å². The van der Waals surface area contributed by atoms with Crippen molar-refractivity contribution in [3.63, 3.8) is 0 Å². The van der Waals surface area contributed by atoms with E-state index in [1.165, 1.54) is 5.56 Å². The standard InChI is InChI=1S/C29H30N2O4/c1-3-4-18-35-28-15-14-22(29(32)33)19-24(28)25-20-26(23-12-8-9-13-27(23)34-2)31(30-25)17-16-21-10-6-5-7-11-21/h5-15,19-20H,3-4,16-18H2,1-2H3,(H,32,33). The average Bonchev–Trinajstić information content (AvgIpc) is 3.32. The van der Waals surface area contributed by atoms with Gasteiger partial charge in [0.2, 0.25) is 0 Å². The minimum absolute atomic E-state index is 0.195. The number of carboxylic acids is 1. The van der Waals surface area contributed by atoms with Crippen LogP contribution in [-0.4, -0.2) is 34.6 Å². The van der Waals surface area contributed by atoms with Gasteiger partial charge in [0, 0.05) is 17.7 Å². The maximum absolute atomic E-state index is 11.7. The Morgan fingerprint density at radius 2 is 1.71 bits per heavy atom. The van der Waals surface area contributed by atoms with Gasteiger partial charge in [0.1, 0.15) is 11.5 Å². The molecule has 0 aliphatic heterocycles. The van der Waals surface area contributed by atoms with E-state index in [2.05, 4.69) is 19.1 Å². The van der Waals surface area contributed by atoms with Crippen molar-refractivity contribution in [2.24, 2.45) is 0 Å². The van der Waals surface area contributed by atoms with Crippen molar-refractivity contribution in [1.29, 1.82) is 0 Å². The summed E-state index contributed by atoms with van der Waals surface area (Å²) in [6.07, 6.45) is 2.73. The molecular formula is C29H30N2O4. The normalized spacial score (nSPS) is 10.8. The quantitative estimate of drug-likeness (QED) is 0.259. The van der Waals surface area contributed by atoms with E-state index in [-0.39, 0.29) is 5.56 Å². The van der Waals surface area contributed by atoms with Crippen molar-refractivity contribution in [1.82, 2.24) is 9.78 Å². The minimum Gasteiger partial charge on any atom is -0.496 e. The fourth-order valence-corrected chi connectivity index (χ4v) is 3.99. The van der Waals surface area contributed by atoms with E-state index < -0.39 is 5.97 Å². The molecule has 0 fully saturated rings. The van der Waals surface area contributed by atoms with Crippen molar-refractivity contribution in [3.8, 4) is 34.0 Å². The predicted octanol–water partition coefficient (Wildman–Crippen LogP) is 6.35. The average molecular weight is 471 g/mol. The lowest BCUT2D eigenvalue weighted by molar-refractivity contribution is 0.0697. The van der Waals surface area contributed by atoms with E-state index in [9.17, 15) is 9.90 Å². The Hall–Kier alpha value is -4.06. The van der Waals surface area contributed by atoms with Gasteiger partial charge in [-0.25, -0.2) is 4.79 Å². The summed E-state index contributed by atoms with van der Waals surface area (Å²) < 4.78 is 13.6. The predicted molar refractivity (Wildman–Crippen MR) is 137 cm³/mol. The second kappa shape index (κ2) is 11.4. The second-order valence-corrected chi connectivity index (χ2v) is 8.29. The Balaban J connectivity index is 1.80. The molecule has 4 rings (SSSR count). The number of carbonyl (C=O) groups is 1. The maximum atomic E-state index is 11.7. The van der Waals surface area contributed by atoms with Crippen molar-refractivity contribution in [2.45, 2.75) is 32.7 Å². The zero-order valence-electron chi connectivity index (χ0n) is 20.1. The van der Waals surface area contributed by atoms with Crippen LogP contribution in [0.2, 0.25) is 0 Å². The summed E-state index contributed by atoms with van der Waals surface area (Å²) in [5.41, 5.74) is 4.55. The van der Waals surface area contributed by atoms with Crippen molar-refractivity contribution >= 4 is 5.97 Å². The SMILES string of the molecule is CCCCOc1ccc(C(=O)O)cc1-c1cc(-c2ccccc2OC)n(CCc2ccccc2)n1. The number of hydrogen-bond donors (Lipinski definition) is 1. The van der Waals surface area contributed by atoms with Gasteiger partial charge in [-0.05, 0) is 54.8 Å². The molecule has 0 atom stereocenters. The van der Waals surface area contributed by atoms with Crippen LogP contribution in [0, 0.1) is 0 Å². The van der Waals surface area contributed by atoms with Gasteiger partial charge in [-0.3, -0.25) is 4.68 Å². The molecule has 4 aromatic rings. The third kappa shape index (κ3) is 5.72. The maximum Gasteiger partial charge on any atom is 0.335 e. The van der Waals surface area contributed by atoms with E-state index in [4.69, 9.17) is 14.6 Å². The number of ether oxygens (including phenoxy) is 2. The van der Waals surface area contributed by atoms with Gasteiger partial charge < -0.3 is 14.6 Å². The van der Waals surface area contributed by atoms with Gasteiger partial charge >= 0.3 is 5.97 Å². The summed E-state index contributed by atoms with van der Waals surface area (Å²) in [5.74, 6) is 0.390. The Morgan fingerprint density at radius 1 is 0.943 bits per heavy atom. The van der Waals surface area contributed by atoms with Crippen molar-refractivity contribution < 1.29 is 19.4 Å². The number of rotatable bonds is 11. The van der Waals surface area contributed by atoms with E-state index in [1.54, 1.807) is 25.3 Å². The second-order valence-electron chi connectivity index (χ2n) is 8.29. The molecule has 0 unspecified atom stereocenters. The molecule has 6 nitrogen and oxygen atoms in total. The smallest absolute Gasteiger partial charge is 0.335 e. The summed E-state index contributed by atoms with van der Waals surface area (Å²) in [6, 6.07) is 25.0. The summed E-state index contributed by atoms with van der Waals surface area (Å²) in [7, 11) is 1.65. The van der Waals surface area contributed by atoms with Crippen LogP contribution in [0.5, 0.6) is 11.5 Å². The van der Waals surface area contributed by atoms with Gasteiger partial charge in [-0.15, -0.1) is 0 Å². The molecule has 1 N–H and O–H groups in total. The lowest BCUT2D eigenvalue weighted by Crippen LogP contribution is -2.06. The molecule has 0 saturated carbocycles. The summed E-state index contributed by atoms with van der Waals surface area (Å²) >= 11 is 0. The molecule has 0 radical (unpaired) electrons. The van der Waals surface area contributed by atoms with Crippen molar-refractivity contribution in [2.75, 3.05) is 13.7 Å². The largest absolute Gasteiger partial charge is 0.496 e. The molecule has 180 valence electrons. The Morgan fingerprint density at radius 3 is 2.46 bits per heavy atom. The van der Waals surface area contributed by atoms with Gasteiger partial charge in [0.25, 0.3) is 0 Å². The number of nitrogens with zero attached hydrogens (tertiary/aromatic N) is 2. The van der Waals surface area contributed by atoms with Crippen LogP contribution in [0.4, 0.5) is 0 Å². The van der Waals surface area contributed by atoms with Gasteiger partial charge in [0.15, 0.2) is 0 Å². The van der Waals surface area contributed by atoms with Gasteiger partial charge in [-0.1, -0.05) is 55.8 Å². The first-order chi connectivity index (χ1) is 17.1. The summed E-state index contributed by atoms with van der Waals surface area (Å²) in [4.78, 5) is 11.7. The first kappa shape index (κ1) is 24.1. The molecule has 6 heteroatoms. The number of methoxy groups -OCH3 is 1. The number of aromatic nitrogens is 2. The number of aryl methyl sites for hydroxylation is 2. The number of hydrogen-bond acceptors (Lipinski definition) is 4. The molecule has 0 bridgehead atoms. The van der Waals surface area contributed by atoms with Crippen LogP contribution in [0.15, 0.2) is 78.9 Å².